The molecule has 226 valence electrons. The van der Waals surface area contributed by atoms with Crippen LogP contribution in [0.25, 0.3) is 0 Å². The van der Waals surface area contributed by atoms with Gasteiger partial charge in [0.2, 0.25) is 15.9 Å². The van der Waals surface area contributed by atoms with E-state index >= 15 is 0 Å². The maximum atomic E-state index is 14.3. The number of ether oxygens (including phenoxy) is 1. The minimum absolute atomic E-state index is 0.00161. The van der Waals surface area contributed by atoms with Gasteiger partial charge in [-0.1, -0.05) is 12.1 Å². The third-order valence-electron chi connectivity index (χ3n) is 6.74. The van der Waals surface area contributed by atoms with Crippen molar-refractivity contribution in [1.82, 2.24) is 9.29 Å². The first-order valence-electron chi connectivity index (χ1n) is 12.4. The minimum atomic E-state index is -5.08. The molecule has 2 heterocycles. The molecular weight excluding hydrogens is 592 g/mol. The molecule has 0 spiro atoms. The van der Waals surface area contributed by atoms with E-state index in [1.165, 1.54) is 30.5 Å². The number of alkyl halides is 5. The number of anilines is 2. The van der Waals surface area contributed by atoms with Crippen LogP contribution in [0, 0.1) is 5.82 Å². The lowest BCUT2D eigenvalue weighted by Crippen LogP contribution is -2.41. The molecule has 0 amide bonds. The fourth-order valence-electron chi connectivity index (χ4n) is 4.57. The fraction of sp³-hybridized carbons (Fsp3) is 0.333. The number of aromatic nitrogens is 1. The number of nitrogens with zero attached hydrogens (tertiary/aromatic N) is 3. The van der Waals surface area contributed by atoms with Crippen molar-refractivity contribution < 1.29 is 49.4 Å². The highest BCUT2D eigenvalue weighted by Gasteiger charge is 2.42. The van der Waals surface area contributed by atoms with Crippen LogP contribution in [0.4, 0.5) is 37.7 Å². The normalized spacial score (nSPS) is 17.4. The molecule has 2 aromatic carbocycles. The molecule has 15 heteroatoms. The molecule has 1 aromatic heterocycles. The highest BCUT2D eigenvalue weighted by atomic mass is 32.2. The molecule has 1 N–H and O–H groups in total. The average molecular weight is 618 g/mol. The van der Waals surface area contributed by atoms with Gasteiger partial charge in [-0.3, -0.25) is 0 Å². The second-order valence-corrected chi connectivity index (χ2v) is 11.8. The number of halogens is 6. The average Bonchev–Trinajstić information content (AvgIpc) is 2.97. The summed E-state index contributed by atoms with van der Waals surface area (Å²) < 4.78 is 118. The van der Waals surface area contributed by atoms with Crippen LogP contribution in [0.2, 0.25) is 0 Å². The van der Waals surface area contributed by atoms with Crippen molar-refractivity contribution in [3.05, 3.63) is 77.4 Å². The summed E-state index contributed by atoms with van der Waals surface area (Å²) in [5.41, 5.74) is -2.40. The first kappa shape index (κ1) is 31.1. The van der Waals surface area contributed by atoms with E-state index < -0.39 is 80.6 Å². The van der Waals surface area contributed by atoms with Gasteiger partial charge in [0.15, 0.2) is 5.69 Å². The van der Waals surface area contributed by atoms with Gasteiger partial charge in [0, 0.05) is 49.6 Å². The minimum Gasteiger partial charge on any atom is -0.488 e. The van der Waals surface area contributed by atoms with Crippen LogP contribution < -0.4 is 9.64 Å². The van der Waals surface area contributed by atoms with Crippen LogP contribution in [-0.2, 0) is 22.8 Å². The predicted octanol–water partition coefficient (Wildman–Crippen LogP) is 6.09. The van der Waals surface area contributed by atoms with E-state index in [9.17, 15) is 44.7 Å². The summed E-state index contributed by atoms with van der Waals surface area (Å²) in [6.45, 7) is -0.402. The number of hydrogen-bond acceptors (Lipinski definition) is 6. The van der Waals surface area contributed by atoms with Crippen LogP contribution in [0.5, 0.6) is 5.75 Å². The summed E-state index contributed by atoms with van der Waals surface area (Å²) in [4.78, 5) is 15.7. The molecule has 3 aromatic rings. The lowest BCUT2D eigenvalue weighted by Gasteiger charge is -2.30. The Morgan fingerprint density at radius 3 is 2.45 bits per heavy atom. The molecule has 1 aliphatic heterocycles. The molecule has 0 unspecified atom stereocenters. The van der Waals surface area contributed by atoms with Crippen LogP contribution in [0.3, 0.4) is 0 Å². The van der Waals surface area contributed by atoms with Gasteiger partial charge in [0.25, 0.3) is 0 Å². The number of pyridine rings is 1. The molecule has 0 aliphatic carbocycles. The Morgan fingerprint density at radius 2 is 1.83 bits per heavy atom. The molecule has 8 nitrogen and oxygen atoms in total. The van der Waals surface area contributed by atoms with E-state index in [0.29, 0.717) is 19.1 Å². The van der Waals surface area contributed by atoms with Crippen LogP contribution in [0.1, 0.15) is 41.4 Å². The second-order valence-electron chi connectivity index (χ2n) is 9.79. The standard InChI is InChI=1S/C27H25F6N3O5S/c1-26(29,30)9-8-19-14-36(18-7-3-6-17(28)11-18)21-12-20(27(31,32)33)22(13-23(21)42(39,40)35(19)2)41-15-16-5-4-10-34-24(16)25(37)38/h3-7,10-13,19H,8-9,14-15H2,1-2H3,(H,37,38)/t19-/m1/s1. The van der Waals surface area contributed by atoms with E-state index in [-0.39, 0.29) is 24.2 Å². The second kappa shape index (κ2) is 11.4. The van der Waals surface area contributed by atoms with Crippen molar-refractivity contribution in [2.45, 2.75) is 49.4 Å². The van der Waals surface area contributed by atoms with Crippen molar-refractivity contribution in [3.63, 3.8) is 0 Å². The number of carbonyl (C=O) groups is 1. The van der Waals surface area contributed by atoms with Crippen LogP contribution >= 0.6 is 0 Å². The van der Waals surface area contributed by atoms with Gasteiger partial charge in [0.1, 0.15) is 23.1 Å². The van der Waals surface area contributed by atoms with Gasteiger partial charge < -0.3 is 14.7 Å². The van der Waals surface area contributed by atoms with Crippen molar-refractivity contribution in [3.8, 4) is 5.75 Å². The van der Waals surface area contributed by atoms with Gasteiger partial charge in [-0.05, 0) is 43.7 Å². The van der Waals surface area contributed by atoms with E-state index in [2.05, 4.69) is 4.98 Å². The Balaban J connectivity index is 1.90. The number of rotatable bonds is 8. The Morgan fingerprint density at radius 1 is 1.12 bits per heavy atom. The lowest BCUT2D eigenvalue weighted by molar-refractivity contribution is -0.139. The highest BCUT2D eigenvalue weighted by Crippen LogP contribution is 2.46. The molecule has 0 radical (unpaired) electrons. The summed E-state index contributed by atoms with van der Waals surface area (Å²) >= 11 is 0. The largest absolute Gasteiger partial charge is 0.488 e. The molecule has 42 heavy (non-hydrogen) atoms. The van der Waals surface area contributed by atoms with Crippen molar-refractivity contribution in [2.24, 2.45) is 0 Å². The van der Waals surface area contributed by atoms with Crippen molar-refractivity contribution in [2.75, 3.05) is 18.5 Å². The van der Waals surface area contributed by atoms with E-state index in [1.54, 1.807) is 0 Å². The molecule has 1 atom stereocenters. The molecule has 0 bridgehead atoms. The molecule has 0 fully saturated rings. The Labute approximate surface area is 237 Å². The number of sulfonamides is 1. The zero-order valence-electron chi connectivity index (χ0n) is 22.2. The Bertz CT molecular complexity index is 1590. The first-order valence-corrected chi connectivity index (χ1v) is 13.9. The molecular formula is C27H25F6N3O5S. The van der Waals surface area contributed by atoms with E-state index in [4.69, 9.17) is 4.74 Å². The topological polar surface area (TPSA) is 100 Å². The molecule has 4 rings (SSSR count). The van der Waals surface area contributed by atoms with Crippen LogP contribution in [-0.4, -0.2) is 54.3 Å². The summed E-state index contributed by atoms with van der Waals surface area (Å²) in [7, 11) is -3.49. The van der Waals surface area contributed by atoms with Crippen molar-refractivity contribution >= 4 is 27.4 Å². The molecule has 1 aliphatic rings. The Kier molecular flexibility index (Phi) is 8.47. The summed E-state index contributed by atoms with van der Waals surface area (Å²) in [6, 6.07) is 7.39. The van der Waals surface area contributed by atoms with Gasteiger partial charge >= 0.3 is 12.1 Å². The van der Waals surface area contributed by atoms with Gasteiger partial charge in [-0.2, -0.15) is 17.5 Å². The van der Waals surface area contributed by atoms with Gasteiger partial charge in [0.05, 0.1) is 11.3 Å². The van der Waals surface area contributed by atoms with E-state index in [0.717, 1.165) is 28.4 Å². The summed E-state index contributed by atoms with van der Waals surface area (Å²) in [5, 5.41) is 9.35. The number of hydrogen-bond donors (Lipinski definition) is 1. The number of carboxylic acid groups (broad SMARTS) is 1. The quantitative estimate of drug-likeness (QED) is 0.305. The molecule has 0 saturated heterocycles. The SMILES string of the molecule is CN1[C@H](CCC(C)(F)F)CN(c2cccc(F)c2)c2cc(C(F)(F)F)c(OCc3cccnc3C(=O)O)cc2S1(=O)=O. The van der Waals surface area contributed by atoms with Crippen LogP contribution in [0.15, 0.2) is 59.6 Å². The number of likely N-dealkylation sites (N-methyl/N-ethyl adjacent to an activating group) is 1. The summed E-state index contributed by atoms with van der Waals surface area (Å²) in [5.74, 6) is -6.28. The van der Waals surface area contributed by atoms with Gasteiger partial charge in [-0.25, -0.2) is 31.4 Å². The number of fused-ring (bicyclic) bond motifs is 1. The first-order chi connectivity index (χ1) is 19.5. The predicted molar refractivity (Wildman–Crippen MR) is 139 cm³/mol. The summed E-state index contributed by atoms with van der Waals surface area (Å²) in [6.07, 6.45) is -4.98. The zero-order valence-corrected chi connectivity index (χ0v) is 23.0. The monoisotopic (exact) mass is 617 g/mol. The van der Waals surface area contributed by atoms with Crippen molar-refractivity contribution in [1.29, 1.82) is 0 Å². The zero-order chi connectivity index (χ0) is 31.0. The third kappa shape index (κ3) is 6.62. The van der Waals surface area contributed by atoms with Gasteiger partial charge in [-0.15, -0.1) is 0 Å². The maximum absolute atomic E-state index is 14.3. The maximum Gasteiger partial charge on any atom is 0.420 e. The fourth-order valence-corrected chi connectivity index (χ4v) is 6.13. The Hall–Kier alpha value is -3.85. The smallest absolute Gasteiger partial charge is 0.420 e. The number of aromatic carboxylic acids is 1. The number of benzene rings is 2. The van der Waals surface area contributed by atoms with E-state index in [1.807, 2.05) is 0 Å². The molecule has 0 saturated carbocycles. The lowest BCUT2D eigenvalue weighted by atomic mass is 10.1. The highest BCUT2D eigenvalue weighted by molar-refractivity contribution is 7.89. The third-order valence-corrected chi connectivity index (χ3v) is 8.67. The number of carboxylic acids is 1.